The predicted molar refractivity (Wildman–Crippen MR) is 194 cm³/mol. The standard InChI is InChI=1S/C32H44I2N8/c1-4-15-20(5-2)19-42-28-26(36)23-24(25(35)27(28)37)32(39,40)29(3)21-16-13-11-9-7-6-8-10-12-14-17-22(18-21)30(29,33)31(23,38)34-41/h6-14,16-18,20,41-42H,4-5,15,19,35-40H2,1-3H3. The second kappa shape index (κ2) is 12.4. The molecule has 4 rings (SSSR count). The minimum Gasteiger partial charge on any atom is -0.397 e. The Morgan fingerprint density at radius 3 is 1.90 bits per heavy atom. The summed E-state index contributed by atoms with van der Waals surface area (Å²) in [4.78, 5) is 0. The molecule has 0 saturated carbocycles. The number of benzene rings is 1. The van der Waals surface area contributed by atoms with Gasteiger partial charge in [-0.05, 0) is 23.5 Å². The van der Waals surface area contributed by atoms with E-state index in [1.54, 1.807) is 0 Å². The third-order valence-corrected chi connectivity index (χ3v) is 14.9. The number of halogens is 2. The van der Waals surface area contributed by atoms with Crippen LogP contribution in [0, 0.1) is 9.48 Å². The summed E-state index contributed by atoms with van der Waals surface area (Å²) in [6.45, 7) is 7.08. The van der Waals surface area contributed by atoms with Crippen molar-refractivity contribution in [1.82, 2.24) is 0 Å². The third kappa shape index (κ3) is 4.73. The van der Waals surface area contributed by atoms with Crippen LogP contribution in [0.4, 0.5) is 22.7 Å². The van der Waals surface area contributed by atoms with E-state index >= 15 is 0 Å². The molecule has 226 valence electrons. The average molecular weight is 795 g/mol. The zero-order valence-electron chi connectivity index (χ0n) is 24.6. The molecule has 0 fully saturated rings. The highest BCUT2D eigenvalue weighted by Gasteiger charge is 2.74. The Hall–Kier alpha value is -2.26. The quantitative estimate of drug-likeness (QED) is 0.0519. The summed E-state index contributed by atoms with van der Waals surface area (Å²) >= 11 is 0.948. The van der Waals surface area contributed by atoms with Crippen LogP contribution in [0.5, 0.6) is 0 Å². The molecule has 4 unspecified atom stereocenters. The highest BCUT2D eigenvalue weighted by Crippen LogP contribution is 2.73. The normalized spacial score (nSPS) is 25.3. The summed E-state index contributed by atoms with van der Waals surface area (Å²) in [6, 6.07) is 23.8. The number of hydrogen-bond donors (Lipinski definition) is 8. The smallest absolute Gasteiger partial charge is 0.127 e. The number of alkyl halides is 2. The Labute approximate surface area is 273 Å². The minimum atomic E-state index is -1.53. The molecular formula is C32H44I2N8. The van der Waals surface area contributed by atoms with E-state index in [1.165, 1.54) is 0 Å². The van der Waals surface area contributed by atoms with Gasteiger partial charge in [0.1, 0.15) is 9.21 Å². The second-order valence-electron chi connectivity index (χ2n) is 11.4. The highest BCUT2D eigenvalue weighted by atomic mass is 127. The van der Waals surface area contributed by atoms with Crippen LogP contribution in [0.1, 0.15) is 62.3 Å². The number of nitrogens with one attached hydrogen (secondary N) is 2. The van der Waals surface area contributed by atoms with Crippen LogP contribution in [-0.2, 0) is 18.0 Å². The number of nitrogens with two attached hydrogens (primary N) is 6. The van der Waals surface area contributed by atoms with Crippen molar-refractivity contribution in [3.05, 3.63) is 95.1 Å². The third-order valence-electron chi connectivity index (χ3n) is 9.13. The maximum absolute atomic E-state index is 9.07. The first-order valence-corrected chi connectivity index (χ1v) is 17.5. The monoisotopic (exact) mass is 794 g/mol. The van der Waals surface area contributed by atoms with Crippen molar-refractivity contribution in [2.45, 2.75) is 58.1 Å². The molecule has 2 aromatic carbocycles. The van der Waals surface area contributed by atoms with Crippen molar-refractivity contribution in [1.29, 1.82) is 3.56 Å². The van der Waals surface area contributed by atoms with Gasteiger partial charge in [0, 0.05) is 44.1 Å². The zero-order chi connectivity index (χ0) is 30.9. The van der Waals surface area contributed by atoms with E-state index in [2.05, 4.69) is 47.8 Å². The molecule has 0 spiro atoms. The molecule has 0 saturated heterocycles. The fourth-order valence-corrected chi connectivity index (χ4v) is 10.7. The average Bonchev–Trinajstić information content (AvgIpc) is 3.19. The van der Waals surface area contributed by atoms with E-state index in [9.17, 15) is 0 Å². The maximum Gasteiger partial charge on any atom is 0.127 e. The summed E-state index contributed by atoms with van der Waals surface area (Å²) < 4.78 is 6.92. The van der Waals surface area contributed by atoms with Gasteiger partial charge in [0.15, 0.2) is 0 Å². The first-order valence-electron chi connectivity index (χ1n) is 14.3. The van der Waals surface area contributed by atoms with Gasteiger partial charge in [-0.1, -0.05) is 129 Å². The Morgan fingerprint density at radius 1 is 0.833 bits per heavy atom. The molecule has 0 amide bonds. The topological polar surface area (TPSA) is 192 Å². The van der Waals surface area contributed by atoms with Crippen molar-refractivity contribution in [3.8, 4) is 0 Å². The van der Waals surface area contributed by atoms with Gasteiger partial charge < -0.3 is 39.7 Å². The van der Waals surface area contributed by atoms with Crippen molar-refractivity contribution in [2.75, 3.05) is 29.1 Å². The van der Waals surface area contributed by atoms with E-state index in [-0.39, 0.29) is 5.69 Å². The Morgan fingerprint density at radius 2 is 1.38 bits per heavy atom. The molecule has 0 radical (unpaired) electrons. The molecule has 14 N–H and O–H groups in total. The lowest BCUT2D eigenvalue weighted by molar-refractivity contribution is 0.152. The summed E-state index contributed by atoms with van der Waals surface area (Å²) in [5.74, 6) is 0.448. The fraction of sp³-hybridized carbons (Fsp3) is 0.375. The van der Waals surface area contributed by atoms with Gasteiger partial charge in [-0.25, -0.2) is 0 Å². The van der Waals surface area contributed by atoms with Crippen LogP contribution in [0.25, 0.3) is 0 Å². The molecular weight excluding hydrogens is 750 g/mol. The number of hydrogen-bond acceptors (Lipinski definition) is 8. The van der Waals surface area contributed by atoms with Crippen LogP contribution in [0.3, 0.4) is 0 Å². The van der Waals surface area contributed by atoms with Gasteiger partial charge in [-0.2, -0.15) is 0 Å². The second-order valence-corrected chi connectivity index (χ2v) is 15.2. The number of rotatable bonds is 7. The molecule has 2 bridgehead atoms. The molecule has 8 nitrogen and oxygen atoms in total. The van der Waals surface area contributed by atoms with Gasteiger partial charge >= 0.3 is 0 Å². The van der Waals surface area contributed by atoms with Crippen LogP contribution >= 0.6 is 43.6 Å². The number of anilines is 4. The van der Waals surface area contributed by atoms with Crippen LogP contribution in [-0.4, -0.2) is 6.54 Å². The lowest BCUT2D eigenvalue weighted by atomic mass is 9.55. The van der Waals surface area contributed by atoms with Crippen molar-refractivity contribution in [3.63, 3.8) is 0 Å². The highest BCUT2D eigenvalue weighted by molar-refractivity contribution is 14.2. The van der Waals surface area contributed by atoms with Crippen LogP contribution in [0.2, 0.25) is 0 Å². The summed E-state index contributed by atoms with van der Waals surface area (Å²) in [6.07, 6.45) is 3.19. The van der Waals surface area contributed by atoms with Gasteiger partial charge in [0.2, 0.25) is 0 Å². The minimum absolute atomic E-state index is 0.268. The van der Waals surface area contributed by atoms with Crippen molar-refractivity contribution < 1.29 is 0 Å². The Balaban J connectivity index is 2.11. The summed E-state index contributed by atoms with van der Waals surface area (Å²) in [5, 5.41) is 3.50. The van der Waals surface area contributed by atoms with Gasteiger partial charge in [-0.15, -0.1) is 0 Å². The molecule has 42 heavy (non-hydrogen) atoms. The number of nitrogen functional groups attached to an aromatic ring is 3. The van der Waals surface area contributed by atoms with Crippen molar-refractivity contribution in [2.24, 2.45) is 23.1 Å². The van der Waals surface area contributed by atoms with Crippen LogP contribution < -0.4 is 39.7 Å². The Bertz CT molecular complexity index is 1500. The molecule has 0 heterocycles. The van der Waals surface area contributed by atoms with Gasteiger partial charge in [-0.3, -0.25) is 3.56 Å². The molecule has 4 atom stereocenters. The maximum atomic E-state index is 9.07. The largest absolute Gasteiger partial charge is 0.397 e. The van der Waals surface area contributed by atoms with E-state index < -0.39 is 39.1 Å². The molecule has 0 aromatic heterocycles. The van der Waals surface area contributed by atoms with E-state index in [1.807, 2.05) is 73.7 Å². The molecule has 2 aliphatic rings. The molecule has 2 aliphatic carbocycles. The van der Waals surface area contributed by atoms with Gasteiger partial charge in [0.05, 0.1) is 26.2 Å². The molecule has 2 aromatic rings. The fourth-order valence-electron chi connectivity index (χ4n) is 6.59. The SMILES string of the molecule is CCCC(CC)CNc1c(N)c(N)c2c(c1N)C(N)(I=N)C1(I)c3cccccccccccc(c3)C1(C)C2(N)N. The van der Waals surface area contributed by atoms with E-state index in [0.717, 1.165) is 30.4 Å². The first kappa shape index (κ1) is 32.6. The molecule has 0 aliphatic heterocycles. The summed E-state index contributed by atoms with van der Waals surface area (Å²) in [7, 11) is 0. The summed E-state index contributed by atoms with van der Waals surface area (Å²) in [5.41, 5.74) is 44.5. The zero-order valence-corrected chi connectivity index (χ0v) is 28.9. The lowest BCUT2D eigenvalue weighted by Gasteiger charge is -2.61. The first-order chi connectivity index (χ1) is 19.9. The predicted octanol–water partition coefficient (Wildman–Crippen LogP) is 6.45. The van der Waals surface area contributed by atoms with Crippen LogP contribution in [0.15, 0.2) is 72.8 Å². The van der Waals surface area contributed by atoms with Crippen molar-refractivity contribution >= 4 is 66.4 Å². The van der Waals surface area contributed by atoms with Gasteiger partial charge in [0.25, 0.3) is 0 Å². The lowest BCUT2D eigenvalue weighted by Crippen LogP contribution is -2.74. The van der Waals surface area contributed by atoms with E-state index in [4.69, 9.17) is 38.0 Å². The van der Waals surface area contributed by atoms with E-state index in [0.29, 0.717) is 40.7 Å². The molecule has 10 heteroatoms. The Kier molecular flexibility index (Phi) is 9.63. The number of fused-ring (bicyclic) bond motifs is 6.